The number of hydrogen-bond donors (Lipinski definition) is 1. The highest BCUT2D eigenvalue weighted by molar-refractivity contribution is 5.58. The molecule has 0 unspecified atom stereocenters. The van der Waals surface area contributed by atoms with Crippen LogP contribution in [0.5, 0.6) is 0 Å². The van der Waals surface area contributed by atoms with Crippen LogP contribution in [0.2, 0.25) is 0 Å². The van der Waals surface area contributed by atoms with Crippen molar-refractivity contribution in [2.24, 2.45) is 5.92 Å². The number of anilines is 2. The standard InChI is InChI=1S/C16H28N4/c1-11(2)14-18-15(17-4)12(3)16(19-14)20(5)10-13-8-6-7-9-13/h11,13H,6-10H2,1-5H3,(H,17,18,19). The van der Waals surface area contributed by atoms with Gasteiger partial charge in [-0.05, 0) is 25.7 Å². The Labute approximate surface area is 123 Å². The quantitative estimate of drug-likeness (QED) is 0.892. The van der Waals surface area contributed by atoms with Crippen molar-refractivity contribution in [3.8, 4) is 0 Å². The third-order valence-corrected chi connectivity index (χ3v) is 4.26. The zero-order valence-corrected chi connectivity index (χ0v) is 13.5. The van der Waals surface area contributed by atoms with Crippen LogP contribution < -0.4 is 10.2 Å². The Morgan fingerprint density at radius 1 is 1.25 bits per heavy atom. The molecule has 2 rings (SSSR count). The average molecular weight is 276 g/mol. The maximum Gasteiger partial charge on any atom is 0.137 e. The van der Waals surface area contributed by atoms with Crippen LogP contribution in [0.1, 0.15) is 56.8 Å². The summed E-state index contributed by atoms with van der Waals surface area (Å²) in [7, 11) is 4.09. The van der Waals surface area contributed by atoms with E-state index in [-0.39, 0.29) is 0 Å². The molecule has 1 aromatic rings. The second-order valence-corrected chi connectivity index (χ2v) is 6.31. The lowest BCUT2D eigenvalue weighted by atomic mass is 10.1. The predicted molar refractivity (Wildman–Crippen MR) is 85.6 cm³/mol. The van der Waals surface area contributed by atoms with E-state index in [0.717, 1.165) is 35.5 Å². The van der Waals surface area contributed by atoms with E-state index < -0.39 is 0 Å². The van der Waals surface area contributed by atoms with Gasteiger partial charge < -0.3 is 10.2 Å². The van der Waals surface area contributed by atoms with Gasteiger partial charge in [-0.3, -0.25) is 0 Å². The monoisotopic (exact) mass is 276 g/mol. The summed E-state index contributed by atoms with van der Waals surface area (Å²) in [5.74, 6) is 4.14. The minimum Gasteiger partial charge on any atom is -0.373 e. The molecule has 4 nitrogen and oxygen atoms in total. The Kier molecular flexibility index (Phi) is 4.84. The number of rotatable bonds is 5. The molecule has 112 valence electrons. The van der Waals surface area contributed by atoms with Gasteiger partial charge in [0.1, 0.15) is 17.5 Å². The number of nitrogens with zero attached hydrogens (tertiary/aromatic N) is 3. The first-order chi connectivity index (χ1) is 9.52. The molecule has 0 aromatic carbocycles. The van der Waals surface area contributed by atoms with Crippen molar-refractivity contribution >= 4 is 11.6 Å². The molecular weight excluding hydrogens is 248 g/mol. The lowest BCUT2D eigenvalue weighted by molar-refractivity contribution is 0.543. The van der Waals surface area contributed by atoms with Gasteiger partial charge in [-0.1, -0.05) is 26.7 Å². The van der Waals surface area contributed by atoms with Gasteiger partial charge in [0.05, 0.1) is 0 Å². The molecule has 1 aromatic heterocycles. The molecule has 1 aliphatic carbocycles. The number of aromatic nitrogens is 2. The Morgan fingerprint density at radius 3 is 2.45 bits per heavy atom. The van der Waals surface area contributed by atoms with Crippen LogP contribution in [0.4, 0.5) is 11.6 Å². The highest BCUT2D eigenvalue weighted by Crippen LogP contribution is 2.29. The van der Waals surface area contributed by atoms with E-state index in [9.17, 15) is 0 Å². The van der Waals surface area contributed by atoms with Crippen molar-refractivity contribution in [1.82, 2.24) is 9.97 Å². The lowest BCUT2D eigenvalue weighted by Gasteiger charge is -2.25. The van der Waals surface area contributed by atoms with E-state index in [0.29, 0.717) is 5.92 Å². The predicted octanol–water partition coefficient (Wildman–Crippen LogP) is 3.58. The highest BCUT2D eigenvalue weighted by atomic mass is 15.2. The van der Waals surface area contributed by atoms with Crippen LogP contribution in [0.15, 0.2) is 0 Å². The fourth-order valence-corrected chi connectivity index (χ4v) is 3.06. The SMILES string of the molecule is CNc1nc(C(C)C)nc(N(C)CC2CCCC2)c1C. The van der Waals surface area contributed by atoms with Crippen molar-refractivity contribution < 1.29 is 0 Å². The minimum absolute atomic E-state index is 0.348. The van der Waals surface area contributed by atoms with Gasteiger partial charge in [-0.25, -0.2) is 9.97 Å². The summed E-state index contributed by atoms with van der Waals surface area (Å²) in [5, 5.41) is 3.20. The molecule has 0 bridgehead atoms. The second kappa shape index (κ2) is 6.42. The third kappa shape index (κ3) is 3.22. The maximum absolute atomic E-state index is 4.80. The second-order valence-electron chi connectivity index (χ2n) is 6.31. The first-order valence-corrected chi connectivity index (χ1v) is 7.80. The van der Waals surface area contributed by atoms with E-state index in [4.69, 9.17) is 4.98 Å². The summed E-state index contributed by atoms with van der Waals surface area (Å²) in [6, 6.07) is 0. The molecule has 0 aliphatic heterocycles. The van der Waals surface area contributed by atoms with Crippen LogP contribution in [0.25, 0.3) is 0 Å². The van der Waals surface area contributed by atoms with Gasteiger partial charge in [0, 0.05) is 32.1 Å². The molecular formula is C16H28N4. The molecule has 0 saturated heterocycles. The fraction of sp³-hybridized carbons (Fsp3) is 0.750. The molecule has 0 radical (unpaired) electrons. The summed E-state index contributed by atoms with van der Waals surface area (Å²) < 4.78 is 0. The molecule has 4 heteroatoms. The van der Waals surface area contributed by atoms with Gasteiger partial charge in [0.2, 0.25) is 0 Å². The molecule has 1 N–H and O–H groups in total. The molecule has 0 amide bonds. The van der Waals surface area contributed by atoms with Crippen molar-refractivity contribution in [3.63, 3.8) is 0 Å². The van der Waals surface area contributed by atoms with E-state index in [1.165, 1.54) is 25.7 Å². The molecule has 1 heterocycles. The number of nitrogens with one attached hydrogen (secondary N) is 1. The van der Waals surface area contributed by atoms with Gasteiger partial charge in [0.25, 0.3) is 0 Å². The lowest BCUT2D eigenvalue weighted by Crippen LogP contribution is -2.26. The minimum atomic E-state index is 0.348. The molecule has 0 spiro atoms. The van der Waals surface area contributed by atoms with E-state index in [1.54, 1.807) is 0 Å². The maximum atomic E-state index is 4.80. The first-order valence-electron chi connectivity index (χ1n) is 7.80. The molecule has 1 saturated carbocycles. The van der Waals surface area contributed by atoms with Gasteiger partial charge in [-0.2, -0.15) is 0 Å². The zero-order valence-electron chi connectivity index (χ0n) is 13.5. The van der Waals surface area contributed by atoms with Gasteiger partial charge in [0.15, 0.2) is 0 Å². The third-order valence-electron chi connectivity index (χ3n) is 4.26. The van der Waals surface area contributed by atoms with Crippen LogP contribution in [0.3, 0.4) is 0 Å². The summed E-state index contributed by atoms with van der Waals surface area (Å²) in [4.78, 5) is 11.7. The fourth-order valence-electron chi connectivity index (χ4n) is 3.06. The van der Waals surface area contributed by atoms with E-state index in [2.05, 4.69) is 43.0 Å². The Balaban J connectivity index is 2.25. The normalized spacial score (nSPS) is 15.9. The van der Waals surface area contributed by atoms with Crippen molar-refractivity contribution in [3.05, 3.63) is 11.4 Å². The van der Waals surface area contributed by atoms with Crippen LogP contribution in [0, 0.1) is 12.8 Å². The molecule has 1 aliphatic rings. The van der Waals surface area contributed by atoms with Crippen LogP contribution in [-0.4, -0.2) is 30.6 Å². The Hall–Kier alpha value is -1.32. The summed E-state index contributed by atoms with van der Waals surface area (Å²) in [6.07, 6.45) is 5.51. The number of hydrogen-bond acceptors (Lipinski definition) is 4. The van der Waals surface area contributed by atoms with Gasteiger partial charge in [-0.15, -0.1) is 0 Å². The van der Waals surface area contributed by atoms with Gasteiger partial charge >= 0.3 is 0 Å². The molecule has 1 fully saturated rings. The van der Waals surface area contributed by atoms with E-state index >= 15 is 0 Å². The Morgan fingerprint density at radius 2 is 1.90 bits per heavy atom. The first kappa shape index (κ1) is 15.1. The van der Waals surface area contributed by atoms with E-state index in [1.807, 2.05) is 7.05 Å². The van der Waals surface area contributed by atoms with Crippen LogP contribution in [-0.2, 0) is 0 Å². The molecule has 20 heavy (non-hydrogen) atoms. The molecule has 0 atom stereocenters. The zero-order chi connectivity index (χ0) is 14.7. The summed E-state index contributed by atoms with van der Waals surface area (Å²) >= 11 is 0. The Bertz CT molecular complexity index is 450. The van der Waals surface area contributed by atoms with Crippen LogP contribution >= 0.6 is 0 Å². The van der Waals surface area contributed by atoms with Crippen molar-refractivity contribution in [2.75, 3.05) is 30.9 Å². The van der Waals surface area contributed by atoms with Crippen molar-refractivity contribution in [1.29, 1.82) is 0 Å². The average Bonchev–Trinajstić information content (AvgIpc) is 2.91. The van der Waals surface area contributed by atoms with Crippen molar-refractivity contribution in [2.45, 2.75) is 52.4 Å². The largest absolute Gasteiger partial charge is 0.373 e. The highest BCUT2D eigenvalue weighted by Gasteiger charge is 2.20. The topological polar surface area (TPSA) is 41.1 Å². The smallest absolute Gasteiger partial charge is 0.137 e. The summed E-state index contributed by atoms with van der Waals surface area (Å²) in [6.45, 7) is 7.50. The summed E-state index contributed by atoms with van der Waals surface area (Å²) in [5.41, 5.74) is 1.15.